The Labute approximate surface area is 320 Å². The van der Waals surface area contributed by atoms with Gasteiger partial charge in [0.15, 0.2) is 5.79 Å². The van der Waals surface area contributed by atoms with E-state index in [2.05, 4.69) is 25.5 Å². The number of aliphatic hydroxyl groups excluding tert-OH is 3. The summed E-state index contributed by atoms with van der Waals surface area (Å²) in [6.07, 6.45) is -1.03. The monoisotopic (exact) mass is 766 g/mol. The van der Waals surface area contributed by atoms with Gasteiger partial charge in [-0.1, -0.05) is 48.5 Å². The lowest BCUT2D eigenvalue weighted by Crippen LogP contribution is -2.53. The molecule has 3 aliphatic rings. The largest absolute Gasteiger partial charge is 0.459 e. The van der Waals surface area contributed by atoms with Gasteiger partial charge in [0.25, 0.3) is 0 Å². The number of carbonyl (C=O) groups excluding carboxylic acids is 5. The number of esters is 3. The van der Waals surface area contributed by atoms with Crippen LogP contribution < -0.4 is 0 Å². The number of cyclic esters (lactones) is 2. The summed E-state index contributed by atoms with van der Waals surface area (Å²) < 4.78 is 29.1. The number of ketones is 2. The van der Waals surface area contributed by atoms with Gasteiger partial charge in [0.1, 0.15) is 23.8 Å². The molecule has 13 atom stereocenters. The molecular formula is C41H66O13. The third kappa shape index (κ3) is 11.7. The first-order chi connectivity index (χ1) is 25.2. The van der Waals surface area contributed by atoms with Gasteiger partial charge in [-0.2, -0.15) is 0 Å². The molecule has 54 heavy (non-hydrogen) atoms. The summed E-state index contributed by atoms with van der Waals surface area (Å²) in [5.41, 5.74) is -0.403. The van der Waals surface area contributed by atoms with Crippen LogP contribution in [0.4, 0.5) is 0 Å². The predicted molar refractivity (Wildman–Crippen MR) is 197 cm³/mol. The van der Waals surface area contributed by atoms with Crippen molar-refractivity contribution in [1.29, 1.82) is 0 Å². The van der Waals surface area contributed by atoms with Crippen molar-refractivity contribution in [2.75, 3.05) is 7.11 Å². The second-order valence-corrected chi connectivity index (χ2v) is 16.8. The third-order valence-electron chi connectivity index (χ3n) is 12.1. The molecule has 0 radical (unpaired) electrons. The maximum absolute atomic E-state index is 13.3. The van der Waals surface area contributed by atoms with Gasteiger partial charge in [0.2, 0.25) is 0 Å². The van der Waals surface area contributed by atoms with Crippen molar-refractivity contribution in [3.05, 3.63) is 11.1 Å². The summed E-state index contributed by atoms with van der Waals surface area (Å²) in [7, 11) is 1.32. The molecule has 0 amide bonds. The van der Waals surface area contributed by atoms with Gasteiger partial charge in [0, 0.05) is 43.8 Å². The molecule has 3 N–H and O–H groups in total. The highest BCUT2D eigenvalue weighted by Crippen LogP contribution is 2.45. The molecule has 1 spiro atoms. The van der Waals surface area contributed by atoms with E-state index in [1.807, 2.05) is 6.92 Å². The fraction of sp³-hybridized carbons (Fsp3) is 0.829. The molecule has 13 heteroatoms. The molecule has 3 aliphatic heterocycles. The first-order valence-corrected chi connectivity index (χ1v) is 19.8. The average molecular weight is 767 g/mol. The van der Waals surface area contributed by atoms with Crippen LogP contribution in [0.15, 0.2) is 11.1 Å². The van der Waals surface area contributed by atoms with Crippen LogP contribution in [0.2, 0.25) is 0 Å². The van der Waals surface area contributed by atoms with Gasteiger partial charge in [-0.15, -0.1) is 0 Å². The van der Waals surface area contributed by atoms with E-state index in [4.69, 9.17) is 18.9 Å². The Bertz CT molecular complexity index is 1350. The van der Waals surface area contributed by atoms with Crippen molar-refractivity contribution in [2.45, 2.75) is 175 Å². The third-order valence-corrected chi connectivity index (χ3v) is 12.1. The van der Waals surface area contributed by atoms with E-state index in [9.17, 15) is 39.3 Å². The Hall–Kier alpha value is -2.55. The van der Waals surface area contributed by atoms with E-state index in [-0.39, 0.29) is 65.0 Å². The standard InChI is InChI=1S/C41H66O13/c1-21(2)36(51-34(47)20-31(45)35-27(8)39(48)52-40(35)49)38(50-10)32(46)19-30(44)26(7)29(43)13-11-24(5)37-25(6)16-18-41(54-37)17-15-23(4)33(53-41)14-12-22(3)28(9)42/h21-26,29,31-33,36-38,43,45-46H,11-20H2,1-10H3/t22-,23+,24+,25-,26-,29-,31+,32+,33-,36+,37?,38-,41+/m0/s1. The van der Waals surface area contributed by atoms with Crippen LogP contribution in [0.1, 0.15) is 127 Å². The zero-order valence-electron chi connectivity index (χ0n) is 34.0. The van der Waals surface area contributed by atoms with Crippen LogP contribution >= 0.6 is 0 Å². The summed E-state index contributed by atoms with van der Waals surface area (Å²) >= 11 is 0. The number of methoxy groups -OCH3 is 1. The van der Waals surface area contributed by atoms with Crippen LogP contribution in [0.3, 0.4) is 0 Å². The van der Waals surface area contributed by atoms with E-state index in [0.29, 0.717) is 18.8 Å². The van der Waals surface area contributed by atoms with Crippen LogP contribution in [0.25, 0.3) is 0 Å². The smallest absolute Gasteiger partial charge is 0.345 e. The number of hydrogen-bond acceptors (Lipinski definition) is 13. The van der Waals surface area contributed by atoms with Crippen LogP contribution in [0, 0.1) is 35.5 Å². The quantitative estimate of drug-likeness (QED) is 0.113. The van der Waals surface area contributed by atoms with Gasteiger partial charge in [-0.3, -0.25) is 14.4 Å². The number of carbonyl (C=O) groups is 5. The van der Waals surface area contributed by atoms with Crippen LogP contribution in [-0.2, 0) is 47.7 Å². The lowest BCUT2D eigenvalue weighted by Gasteiger charge is -2.51. The molecule has 2 fully saturated rings. The van der Waals surface area contributed by atoms with Gasteiger partial charge in [-0.25, -0.2) is 9.59 Å². The molecule has 0 saturated carbocycles. The molecule has 0 aromatic carbocycles. The predicted octanol–water partition coefficient (Wildman–Crippen LogP) is 4.79. The maximum Gasteiger partial charge on any atom is 0.345 e. The fourth-order valence-electron chi connectivity index (χ4n) is 8.02. The van der Waals surface area contributed by atoms with Gasteiger partial charge in [0.05, 0.1) is 42.5 Å². The number of ether oxygens (including phenoxy) is 5. The number of hydrogen-bond donors (Lipinski definition) is 3. The van der Waals surface area contributed by atoms with E-state index < -0.39 is 66.6 Å². The minimum atomic E-state index is -1.63. The minimum absolute atomic E-state index is 0.00210. The number of Topliss-reactive ketones (excluding diaryl/α,β-unsaturated/α-hetero) is 2. The summed E-state index contributed by atoms with van der Waals surface area (Å²) in [6, 6.07) is 0. The Kier molecular flexibility index (Phi) is 17.0. The highest BCUT2D eigenvalue weighted by atomic mass is 16.7. The first kappa shape index (κ1) is 45.8. The highest BCUT2D eigenvalue weighted by molar-refractivity contribution is 6.12. The molecule has 3 rings (SSSR count). The SMILES string of the molecule is CO[C@@H]([C@H](O)CC(=O)[C@@H](C)[C@@H](O)CC[C@@H](C)C1O[C@]2(CC[C@@H](C)[C@H](CC[C@H](C)C(C)=O)O2)CC[C@@H]1C)[C@H](OC(=O)C[C@@H](O)C1=C(C)C(=O)OC1=O)C(C)C. The molecule has 2 saturated heterocycles. The summed E-state index contributed by atoms with van der Waals surface area (Å²) in [4.78, 5) is 61.6. The molecule has 0 aromatic rings. The van der Waals surface area contributed by atoms with Gasteiger partial charge < -0.3 is 39.0 Å². The van der Waals surface area contributed by atoms with E-state index >= 15 is 0 Å². The van der Waals surface area contributed by atoms with Crippen molar-refractivity contribution in [3.63, 3.8) is 0 Å². The second kappa shape index (κ2) is 20.0. The van der Waals surface area contributed by atoms with Crippen molar-refractivity contribution < 1.29 is 63.0 Å². The lowest BCUT2D eigenvalue weighted by molar-refractivity contribution is -0.338. The maximum atomic E-state index is 13.3. The number of rotatable bonds is 20. The Balaban J connectivity index is 1.54. The molecule has 308 valence electrons. The summed E-state index contributed by atoms with van der Waals surface area (Å²) in [5, 5.41) is 32.7. The van der Waals surface area contributed by atoms with Crippen LogP contribution in [0.5, 0.6) is 0 Å². The zero-order chi connectivity index (χ0) is 40.7. The Morgan fingerprint density at radius 3 is 2.04 bits per heavy atom. The molecular weight excluding hydrogens is 700 g/mol. The molecule has 13 nitrogen and oxygen atoms in total. The molecule has 0 aliphatic carbocycles. The minimum Gasteiger partial charge on any atom is -0.459 e. The summed E-state index contributed by atoms with van der Waals surface area (Å²) in [5.74, 6) is -4.07. The second-order valence-electron chi connectivity index (χ2n) is 16.8. The van der Waals surface area contributed by atoms with E-state index in [1.165, 1.54) is 14.0 Å². The Morgan fingerprint density at radius 1 is 0.852 bits per heavy atom. The zero-order valence-corrected chi connectivity index (χ0v) is 34.0. The molecule has 1 unspecified atom stereocenters. The summed E-state index contributed by atoms with van der Waals surface area (Å²) in [6.45, 7) is 16.5. The number of aliphatic hydroxyl groups is 3. The van der Waals surface area contributed by atoms with Crippen molar-refractivity contribution in [1.82, 2.24) is 0 Å². The van der Waals surface area contributed by atoms with Crippen molar-refractivity contribution >= 4 is 29.5 Å². The topological polar surface area (TPSA) is 192 Å². The Morgan fingerprint density at radius 2 is 1.48 bits per heavy atom. The van der Waals surface area contributed by atoms with Crippen molar-refractivity contribution in [2.24, 2.45) is 35.5 Å². The fourth-order valence-corrected chi connectivity index (χ4v) is 8.02. The van der Waals surface area contributed by atoms with E-state index in [0.717, 1.165) is 38.5 Å². The van der Waals surface area contributed by atoms with Crippen LogP contribution in [-0.4, -0.2) is 100 Å². The average Bonchev–Trinajstić information content (AvgIpc) is 3.37. The normalized spacial score (nSPS) is 29.3. The highest BCUT2D eigenvalue weighted by Gasteiger charge is 2.48. The van der Waals surface area contributed by atoms with Crippen molar-refractivity contribution in [3.8, 4) is 0 Å². The van der Waals surface area contributed by atoms with Gasteiger partial charge >= 0.3 is 17.9 Å². The molecule has 3 heterocycles. The molecule has 0 bridgehead atoms. The first-order valence-electron chi connectivity index (χ1n) is 19.8. The molecule has 0 aromatic heterocycles. The van der Waals surface area contributed by atoms with E-state index in [1.54, 1.807) is 27.7 Å². The lowest BCUT2D eigenvalue weighted by atomic mass is 9.79. The van der Waals surface area contributed by atoms with Gasteiger partial charge in [-0.05, 0) is 76.0 Å².